The number of rotatable bonds is 4. The Morgan fingerprint density at radius 3 is 2.72 bits per heavy atom. The molecule has 2 aliphatic heterocycles. The van der Waals surface area contributed by atoms with Crippen LogP contribution in [0.25, 0.3) is 0 Å². The van der Waals surface area contributed by atoms with E-state index < -0.39 is 0 Å². The van der Waals surface area contributed by atoms with Crippen LogP contribution in [0.4, 0.5) is 14.5 Å². The first kappa shape index (κ1) is 19.8. The number of amides is 1. The molecule has 2 saturated heterocycles. The van der Waals surface area contributed by atoms with E-state index in [1.54, 1.807) is 31.4 Å². The van der Waals surface area contributed by atoms with Gasteiger partial charge in [0.25, 0.3) is 0 Å². The Bertz CT molecular complexity index is 920. The standard InChI is InChI=1S/C23H26F2N2O2/c1-16-14-23(9-8-22(28)27(23)19-5-3-4-18(24)13-19)10-11-26(16)15-17-12-20(29-2)6-7-21(17)25/h3-7,12-13,16H,8-11,14-15H2,1-2H3/t16-,23+/m1/s1. The molecule has 154 valence electrons. The fourth-order valence-corrected chi connectivity index (χ4v) is 4.90. The molecule has 0 unspecified atom stereocenters. The summed E-state index contributed by atoms with van der Waals surface area (Å²) in [4.78, 5) is 16.7. The Balaban J connectivity index is 1.54. The number of benzene rings is 2. The number of halogens is 2. The van der Waals surface area contributed by atoms with Gasteiger partial charge in [0, 0.05) is 36.8 Å². The summed E-state index contributed by atoms with van der Waals surface area (Å²) in [5, 5.41) is 0. The van der Waals surface area contributed by atoms with Crippen molar-refractivity contribution in [3.8, 4) is 5.75 Å². The lowest BCUT2D eigenvalue weighted by Crippen LogP contribution is -2.56. The van der Waals surface area contributed by atoms with Gasteiger partial charge in [0.1, 0.15) is 17.4 Å². The minimum absolute atomic E-state index is 0.0510. The molecular weight excluding hydrogens is 374 g/mol. The van der Waals surface area contributed by atoms with Crippen molar-refractivity contribution in [2.24, 2.45) is 0 Å². The third-order valence-corrected chi connectivity index (χ3v) is 6.38. The molecule has 0 bridgehead atoms. The lowest BCUT2D eigenvalue weighted by atomic mass is 9.81. The molecule has 0 aliphatic carbocycles. The van der Waals surface area contributed by atoms with Crippen molar-refractivity contribution in [2.75, 3.05) is 18.6 Å². The zero-order valence-electron chi connectivity index (χ0n) is 16.8. The smallest absolute Gasteiger partial charge is 0.227 e. The maximum atomic E-state index is 14.3. The molecule has 2 heterocycles. The van der Waals surface area contributed by atoms with Gasteiger partial charge in [-0.3, -0.25) is 9.69 Å². The molecular formula is C23H26F2N2O2. The SMILES string of the molecule is COc1ccc(F)c(CN2CC[C@@]3(CCC(=O)N3c3cccc(F)c3)C[C@H]2C)c1. The molecule has 2 atom stereocenters. The Hall–Kier alpha value is -2.47. The molecule has 4 rings (SSSR count). The van der Waals surface area contributed by atoms with E-state index in [1.807, 2.05) is 4.90 Å². The van der Waals surface area contributed by atoms with Gasteiger partial charge in [-0.05, 0) is 62.6 Å². The van der Waals surface area contributed by atoms with Crippen LogP contribution < -0.4 is 9.64 Å². The third-order valence-electron chi connectivity index (χ3n) is 6.38. The van der Waals surface area contributed by atoms with E-state index in [9.17, 15) is 13.6 Å². The summed E-state index contributed by atoms with van der Waals surface area (Å²) in [6, 6.07) is 11.2. The van der Waals surface area contributed by atoms with E-state index in [0.717, 1.165) is 25.8 Å². The first-order chi connectivity index (χ1) is 13.9. The molecule has 2 aromatic carbocycles. The summed E-state index contributed by atoms with van der Waals surface area (Å²) in [7, 11) is 1.57. The van der Waals surface area contributed by atoms with Crippen LogP contribution in [-0.4, -0.2) is 36.0 Å². The summed E-state index contributed by atoms with van der Waals surface area (Å²) in [6.07, 6.45) is 2.81. The van der Waals surface area contributed by atoms with Crippen molar-refractivity contribution in [2.45, 2.75) is 50.7 Å². The van der Waals surface area contributed by atoms with E-state index in [1.165, 1.54) is 18.2 Å². The van der Waals surface area contributed by atoms with Crippen LogP contribution in [0.5, 0.6) is 5.75 Å². The molecule has 29 heavy (non-hydrogen) atoms. The number of ether oxygens (including phenoxy) is 1. The average molecular weight is 400 g/mol. The van der Waals surface area contributed by atoms with Crippen LogP contribution in [-0.2, 0) is 11.3 Å². The van der Waals surface area contributed by atoms with Gasteiger partial charge in [0.05, 0.1) is 12.6 Å². The number of anilines is 1. The molecule has 1 spiro atoms. The molecule has 2 aliphatic rings. The van der Waals surface area contributed by atoms with Gasteiger partial charge in [-0.25, -0.2) is 8.78 Å². The van der Waals surface area contributed by atoms with Gasteiger partial charge >= 0.3 is 0 Å². The van der Waals surface area contributed by atoms with E-state index in [0.29, 0.717) is 30.0 Å². The number of piperidine rings is 1. The second-order valence-electron chi connectivity index (χ2n) is 8.16. The number of nitrogens with zero attached hydrogens (tertiary/aromatic N) is 2. The molecule has 0 aromatic heterocycles. The summed E-state index contributed by atoms with van der Waals surface area (Å²) in [5.74, 6) is 0.114. The van der Waals surface area contributed by atoms with Gasteiger partial charge < -0.3 is 9.64 Å². The molecule has 2 aromatic rings. The zero-order chi connectivity index (χ0) is 20.6. The van der Waals surface area contributed by atoms with Crippen LogP contribution in [0, 0.1) is 11.6 Å². The monoisotopic (exact) mass is 400 g/mol. The van der Waals surface area contributed by atoms with Crippen molar-refractivity contribution in [3.05, 3.63) is 59.7 Å². The maximum absolute atomic E-state index is 14.3. The normalized spacial score (nSPS) is 25.0. The highest BCUT2D eigenvalue weighted by atomic mass is 19.1. The predicted molar refractivity (Wildman–Crippen MR) is 108 cm³/mol. The molecule has 4 nitrogen and oxygen atoms in total. The fraction of sp³-hybridized carbons (Fsp3) is 0.435. The highest BCUT2D eigenvalue weighted by Crippen LogP contribution is 2.44. The van der Waals surface area contributed by atoms with Crippen LogP contribution in [0.2, 0.25) is 0 Å². The predicted octanol–water partition coefficient (Wildman–Crippen LogP) is 4.52. The lowest BCUT2D eigenvalue weighted by molar-refractivity contribution is -0.117. The van der Waals surface area contributed by atoms with Gasteiger partial charge in [-0.15, -0.1) is 0 Å². The average Bonchev–Trinajstić information content (AvgIpc) is 3.01. The van der Waals surface area contributed by atoms with Crippen molar-refractivity contribution in [1.82, 2.24) is 4.90 Å². The Morgan fingerprint density at radius 2 is 2.00 bits per heavy atom. The number of carbonyl (C=O) groups excluding carboxylic acids is 1. The van der Waals surface area contributed by atoms with Crippen LogP contribution in [0.1, 0.15) is 38.2 Å². The van der Waals surface area contributed by atoms with Crippen molar-refractivity contribution >= 4 is 11.6 Å². The Labute approximate surface area is 170 Å². The lowest BCUT2D eigenvalue weighted by Gasteiger charge is -2.48. The van der Waals surface area contributed by atoms with Gasteiger partial charge in [-0.2, -0.15) is 0 Å². The maximum Gasteiger partial charge on any atom is 0.227 e. The molecule has 0 N–H and O–H groups in total. The van der Waals surface area contributed by atoms with E-state index in [-0.39, 0.29) is 29.1 Å². The van der Waals surface area contributed by atoms with E-state index >= 15 is 0 Å². The quantitative estimate of drug-likeness (QED) is 0.756. The zero-order valence-corrected chi connectivity index (χ0v) is 16.8. The third kappa shape index (κ3) is 3.73. The number of methoxy groups -OCH3 is 1. The minimum Gasteiger partial charge on any atom is -0.497 e. The fourth-order valence-electron chi connectivity index (χ4n) is 4.90. The topological polar surface area (TPSA) is 32.8 Å². The number of carbonyl (C=O) groups is 1. The van der Waals surface area contributed by atoms with Crippen LogP contribution in [0.15, 0.2) is 42.5 Å². The molecule has 2 fully saturated rings. The van der Waals surface area contributed by atoms with Crippen LogP contribution >= 0.6 is 0 Å². The van der Waals surface area contributed by atoms with Crippen molar-refractivity contribution < 1.29 is 18.3 Å². The molecule has 0 saturated carbocycles. The first-order valence-corrected chi connectivity index (χ1v) is 10.1. The number of likely N-dealkylation sites (tertiary alicyclic amines) is 1. The summed E-state index contributed by atoms with van der Waals surface area (Å²) in [6.45, 7) is 3.36. The highest BCUT2D eigenvalue weighted by Gasteiger charge is 2.49. The molecule has 1 amide bonds. The van der Waals surface area contributed by atoms with Crippen LogP contribution in [0.3, 0.4) is 0 Å². The highest BCUT2D eigenvalue weighted by molar-refractivity contribution is 5.97. The largest absolute Gasteiger partial charge is 0.497 e. The van der Waals surface area contributed by atoms with E-state index in [4.69, 9.17) is 4.74 Å². The number of hydrogen-bond acceptors (Lipinski definition) is 3. The Morgan fingerprint density at radius 1 is 1.17 bits per heavy atom. The molecule has 0 radical (unpaired) electrons. The second kappa shape index (κ2) is 7.75. The van der Waals surface area contributed by atoms with Crippen molar-refractivity contribution in [1.29, 1.82) is 0 Å². The number of hydrogen-bond donors (Lipinski definition) is 0. The van der Waals surface area contributed by atoms with Crippen molar-refractivity contribution in [3.63, 3.8) is 0 Å². The van der Waals surface area contributed by atoms with Gasteiger partial charge in [0.15, 0.2) is 0 Å². The first-order valence-electron chi connectivity index (χ1n) is 10.1. The second-order valence-corrected chi connectivity index (χ2v) is 8.16. The van der Waals surface area contributed by atoms with E-state index in [2.05, 4.69) is 11.8 Å². The summed E-state index contributed by atoms with van der Waals surface area (Å²) < 4.78 is 33.3. The van der Waals surface area contributed by atoms with Gasteiger partial charge in [-0.1, -0.05) is 6.07 Å². The molecule has 6 heteroatoms. The minimum atomic E-state index is -0.337. The summed E-state index contributed by atoms with van der Waals surface area (Å²) >= 11 is 0. The summed E-state index contributed by atoms with van der Waals surface area (Å²) in [5.41, 5.74) is 0.942. The van der Waals surface area contributed by atoms with Gasteiger partial charge in [0.2, 0.25) is 5.91 Å². The Kier molecular flexibility index (Phi) is 5.30.